The van der Waals surface area contributed by atoms with Gasteiger partial charge in [-0.25, -0.2) is 19.2 Å². The van der Waals surface area contributed by atoms with Gasteiger partial charge in [0.25, 0.3) is 0 Å². The average Bonchev–Trinajstić information content (AvgIpc) is 2.96. The van der Waals surface area contributed by atoms with Crippen LogP contribution in [0.2, 0.25) is 0 Å². The van der Waals surface area contributed by atoms with E-state index < -0.39 is 5.97 Å². The van der Waals surface area contributed by atoms with Crippen molar-refractivity contribution in [2.75, 3.05) is 5.32 Å². The van der Waals surface area contributed by atoms with Gasteiger partial charge in [-0.2, -0.15) is 0 Å². The minimum atomic E-state index is -0.970. The number of hydrogen-bond acceptors (Lipinski definition) is 5. The number of fused-ring (bicyclic) bond motifs is 3. The van der Waals surface area contributed by atoms with Crippen LogP contribution in [0.1, 0.15) is 38.2 Å². The number of carboxylic acids is 1. The van der Waals surface area contributed by atoms with Crippen LogP contribution in [-0.4, -0.2) is 26.8 Å². The van der Waals surface area contributed by atoms with Gasteiger partial charge >= 0.3 is 5.97 Å². The Hall–Kier alpha value is -4.39. The molecule has 168 valence electrons. The van der Waals surface area contributed by atoms with Crippen LogP contribution in [0.25, 0.3) is 11.3 Å². The van der Waals surface area contributed by atoms with E-state index in [0.29, 0.717) is 35.0 Å². The number of carbonyl (C=O) groups is 1. The maximum absolute atomic E-state index is 14.9. The van der Waals surface area contributed by atoms with E-state index in [-0.39, 0.29) is 11.4 Å². The van der Waals surface area contributed by atoms with Crippen LogP contribution >= 0.6 is 0 Å². The quantitative estimate of drug-likeness (QED) is 0.415. The summed E-state index contributed by atoms with van der Waals surface area (Å²) in [4.78, 5) is 25.3. The highest BCUT2D eigenvalue weighted by molar-refractivity contribution is 6.17. The SMILES string of the molecule is Cc1cc(Nc2ncc3c(n2)-c2ccccc2C(c2c(C)cccc2F)=NC3)ccc1C(=O)O. The molecule has 6 nitrogen and oxygen atoms in total. The largest absolute Gasteiger partial charge is 0.478 e. The third-order valence-corrected chi connectivity index (χ3v) is 5.88. The molecular weight excluding hydrogens is 431 g/mol. The van der Waals surface area contributed by atoms with Crippen molar-refractivity contribution in [1.29, 1.82) is 0 Å². The molecule has 1 aliphatic rings. The van der Waals surface area contributed by atoms with E-state index in [1.165, 1.54) is 6.07 Å². The van der Waals surface area contributed by atoms with Gasteiger partial charge in [0.15, 0.2) is 0 Å². The molecule has 0 radical (unpaired) electrons. The van der Waals surface area contributed by atoms with Gasteiger partial charge in [-0.1, -0.05) is 36.4 Å². The Balaban J connectivity index is 1.57. The average molecular weight is 452 g/mol. The van der Waals surface area contributed by atoms with Crippen LogP contribution in [0.15, 0.2) is 71.9 Å². The lowest BCUT2D eigenvalue weighted by Crippen LogP contribution is -2.09. The zero-order valence-corrected chi connectivity index (χ0v) is 18.6. The van der Waals surface area contributed by atoms with Gasteiger partial charge in [0.2, 0.25) is 5.95 Å². The molecule has 1 aromatic heterocycles. The number of benzene rings is 3. The summed E-state index contributed by atoms with van der Waals surface area (Å²) in [6.07, 6.45) is 1.72. The highest BCUT2D eigenvalue weighted by atomic mass is 19.1. The van der Waals surface area contributed by atoms with Crippen LogP contribution in [-0.2, 0) is 6.54 Å². The van der Waals surface area contributed by atoms with Crippen molar-refractivity contribution >= 4 is 23.3 Å². The molecule has 5 rings (SSSR count). The normalized spacial score (nSPS) is 12.3. The second-order valence-electron chi connectivity index (χ2n) is 8.17. The lowest BCUT2D eigenvalue weighted by atomic mass is 9.93. The molecule has 0 bridgehead atoms. The van der Waals surface area contributed by atoms with Crippen molar-refractivity contribution < 1.29 is 14.3 Å². The number of nitrogens with zero attached hydrogens (tertiary/aromatic N) is 3. The molecule has 0 amide bonds. The highest BCUT2D eigenvalue weighted by Gasteiger charge is 2.23. The molecule has 7 heteroatoms. The van der Waals surface area contributed by atoms with Gasteiger partial charge in [0, 0.05) is 34.1 Å². The number of hydrogen-bond donors (Lipinski definition) is 2. The van der Waals surface area contributed by atoms with E-state index >= 15 is 0 Å². The summed E-state index contributed by atoms with van der Waals surface area (Å²) in [7, 11) is 0. The van der Waals surface area contributed by atoms with E-state index in [9.17, 15) is 14.3 Å². The molecule has 34 heavy (non-hydrogen) atoms. The summed E-state index contributed by atoms with van der Waals surface area (Å²) in [6, 6.07) is 17.7. The first-order chi connectivity index (χ1) is 16.4. The van der Waals surface area contributed by atoms with Gasteiger partial charge in [-0.3, -0.25) is 4.99 Å². The molecule has 0 saturated heterocycles. The Morgan fingerprint density at radius 1 is 1.00 bits per heavy atom. The van der Waals surface area contributed by atoms with Gasteiger partial charge in [0.05, 0.1) is 23.5 Å². The van der Waals surface area contributed by atoms with Crippen molar-refractivity contribution in [3.8, 4) is 11.3 Å². The van der Waals surface area contributed by atoms with Crippen molar-refractivity contribution in [1.82, 2.24) is 9.97 Å². The Labute approximate surface area is 195 Å². The van der Waals surface area contributed by atoms with Crippen molar-refractivity contribution in [3.05, 3.63) is 106 Å². The lowest BCUT2D eigenvalue weighted by Gasteiger charge is -2.14. The highest BCUT2D eigenvalue weighted by Crippen LogP contribution is 2.33. The molecule has 2 heterocycles. The molecular formula is C27H21FN4O2. The summed E-state index contributed by atoms with van der Waals surface area (Å²) in [6.45, 7) is 3.94. The molecule has 2 N–H and O–H groups in total. The minimum Gasteiger partial charge on any atom is -0.478 e. The number of halogens is 1. The topological polar surface area (TPSA) is 87.5 Å². The first-order valence-corrected chi connectivity index (χ1v) is 10.8. The smallest absolute Gasteiger partial charge is 0.335 e. The predicted molar refractivity (Wildman–Crippen MR) is 129 cm³/mol. The Morgan fingerprint density at radius 3 is 2.53 bits per heavy atom. The molecule has 4 aromatic rings. The summed E-state index contributed by atoms with van der Waals surface area (Å²) < 4.78 is 14.9. The molecule has 0 spiro atoms. The fourth-order valence-electron chi connectivity index (χ4n) is 4.22. The number of aryl methyl sites for hydroxylation is 2. The maximum Gasteiger partial charge on any atom is 0.335 e. The Kier molecular flexibility index (Phi) is 5.37. The molecule has 0 saturated carbocycles. The second-order valence-corrected chi connectivity index (χ2v) is 8.17. The van der Waals surface area contributed by atoms with Crippen LogP contribution in [0.4, 0.5) is 16.0 Å². The minimum absolute atomic E-state index is 0.246. The van der Waals surface area contributed by atoms with E-state index in [2.05, 4.69) is 10.3 Å². The Bertz CT molecular complexity index is 1460. The number of carboxylic acid groups (broad SMARTS) is 1. The number of rotatable bonds is 4. The first kappa shape index (κ1) is 21.5. The summed E-state index contributed by atoms with van der Waals surface area (Å²) in [5.41, 5.74) is 6.67. The Morgan fingerprint density at radius 2 is 1.79 bits per heavy atom. The van der Waals surface area contributed by atoms with E-state index in [0.717, 1.165) is 27.9 Å². The van der Waals surface area contributed by atoms with Crippen LogP contribution < -0.4 is 5.32 Å². The van der Waals surface area contributed by atoms with Crippen LogP contribution in [0.5, 0.6) is 0 Å². The summed E-state index contributed by atoms with van der Waals surface area (Å²) in [5.74, 6) is -0.905. The van der Waals surface area contributed by atoms with Gasteiger partial charge in [-0.05, 0) is 49.2 Å². The molecule has 0 atom stereocenters. The number of aromatic carboxylic acids is 1. The van der Waals surface area contributed by atoms with Crippen LogP contribution in [0.3, 0.4) is 0 Å². The van der Waals surface area contributed by atoms with Crippen molar-refractivity contribution in [2.45, 2.75) is 20.4 Å². The van der Waals surface area contributed by atoms with Crippen molar-refractivity contribution in [3.63, 3.8) is 0 Å². The second kappa shape index (κ2) is 8.51. The monoisotopic (exact) mass is 452 g/mol. The third-order valence-electron chi connectivity index (χ3n) is 5.88. The van der Waals surface area contributed by atoms with Crippen molar-refractivity contribution in [2.24, 2.45) is 4.99 Å². The molecule has 1 aliphatic heterocycles. The summed E-state index contributed by atoms with van der Waals surface area (Å²) >= 11 is 0. The molecule has 3 aromatic carbocycles. The fourth-order valence-corrected chi connectivity index (χ4v) is 4.22. The van der Waals surface area contributed by atoms with Crippen LogP contribution in [0, 0.1) is 19.7 Å². The number of anilines is 2. The number of aromatic nitrogens is 2. The standard InChI is InChI=1S/C27H21FN4O2/c1-15-6-5-9-22(28)23(15)25-21-8-4-3-7-20(21)24-17(13-29-25)14-30-27(32-24)31-18-10-11-19(26(33)34)16(2)12-18/h3-12,14H,13H2,1-2H3,(H,33,34)(H,30,31,32). The first-order valence-electron chi connectivity index (χ1n) is 10.8. The molecule has 0 aliphatic carbocycles. The number of aliphatic imine (C=N–C) groups is 1. The van der Waals surface area contributed by atoms with Gasteiger partial charge < -0.3 is 10.4 Å². The van der Waals surface area contributed by atoms with E-state index in [1.807, 2.05) is 37.3 Å². The third kappa shape index (κ3) is 3.81. The van der Waals surface area contributed by atoms with Gasteiger partial charge in [0.1, 0.15) is 5.82 Å². The fraction of sp³-hybridized carbons (Fsp3) is 0.111. The summed E-state index contributed by atoms with van der Waals surface area (Å²) in [5, 5.41) is 12.4. The molecule has 0 unspecified atom stereocenters. The predicted octanol–water partition coefficient (Wildman–Crippen LogP) is 5.69. The van der Waals surface area contributed by atoms with E-state index in [4.69, 9.17) is 9.98 Å². The lowest BCUT2D eigenvalue weighted by molar-refractivity contribution is 0.0696. The zero-order chi connectivity index (χ0) is 23.8. The van der Waals surface area contributed by atoms with E-state index in [1.54, 1.807) is 37.4 Å². The molecule has 0 fully saturated rings. The maximum atomic E-state index is 14.9. The number of nitrogens with one attached hydrogen (secondary N) is 1. The zero-order valence-electron chi connectivity index (χ0n) is 18.6. The van der Waals surface area contributed by atoms with Gasteiger partial charge in [-0.15, -0.1) is 0 Å².